The molecule has 4 heteroatoms. The molecule has 4 aromatic rings. The van der Waals surface area contributed by atoms with Crippen LogP contribution in [0, 0.1) is 0 Å². The van der Waals surface area contributed by atoms with Crippen LogP contribution in [-0.4, -0.2) is 9.78 Å². The summed E-state index contributed by atoms with van der Waals surface area (Å²) in [7, 11) is 0. The van der Waals surface area contributed by atoms with E-state index in [1.165, 1.54) is 0 Å². The van der Waals surface area contributed by atoms with Crippen molar-refractivity contribution in [1.82, 2.24) is 9.78 Å². The number of para-hydroxylation sites is 1. The van der Waals surface area contributed by atoms with E-state index in [1.54, 1.807) is 6.26 Å². The molecular weight excluding hydrogens is 308 g/mol. The second kappa shape index (κ2) is 5.78. The Hall–Kier alpha value is -2.78. The van der Waals surface area contributed by atoms with E-state index < -0.39 is 0 Å². The summed E-state index contributed by atoms with van der Waals surface area (Å²) in [6.07, 6.45) is 3.65. The number of halogens is 1. The first-order chi connectivity index (χ1) is 11.3. The Kier molecular flexibility index (Phi) is 3.48. The highest BCUT2D eigenvalue weighted by Gasteiger charge is 2.15. The molecule has 0 aliphatic rings. The van der Waals surface area contributed by atoms with Crippen LogP contribution in [0.15, 0.2) is 83.6 Å². The quantitative estimate of drug-likeness (QED) is 0.502. The van der Waals surface area contributed by atoms with Crippen molar-refractivity contribution < 1.29 is 4.42 Å². The van der Waals surface area contributed by atoms with Crippen LogP contribution in [0.5, 0.6) is 0 Å². The van der Waals surface area contributed by atoms with Gasteiger partial charge in [0.1, 0.15) is 11.5 Å². The van der Waals surface area contributed by atoms with Gasteiger partial charge in [0.05, 0.1) is 17.5 Å². The second-order valence-corrected chi connectivity index (χ2v) is 5.59. The normalized spacial score (nSPS) is 10.8. The Balaban J connectivity index is 1.89. The van der Waals surface area contributed by atoms with Gasteiger partial charge in [0.15, 0.2) is 0 Å². The zero-order valence-electron chi connectivity index (χ0n) is 12.2. The third-order valence-electron chi connectivity index (χ3n) is 3.64. The predicted molar refractivity (Wildman–Crippen MR) is 91.7 cm³/mol. The van der Waals surface area contributed by atoms with E-state index in [-0.39, 0.29) is 0 Å². The third-order valence-corrected chi connectivity index (χ3v) is 3.89. The van der Waals surface area contributed by atoms with E-state index in [1.807, 2.05) is 77.6 Å². The van der Waals surface area contributed by atoms with Crippen molar-refractivity contribution in [3.05, 3.63) is 84.2 Å². The molecule has 2 aromatic carbocycles. The molecule has 0 N–H and O–H groups in total. The van der Waals surface area contributed by atoms with Crippen LogP contribution in [0.2, 0.25) is 5.02 Å². The minimum absolute atomic E-state index is 0.704. The summed E-state index contributed by atoms with van der Waals surface area (Å²) < 4.78 is 7.44. The van der Waals surface area contributed by atoms with Crippen LogP contribution in [0.3, 0.4) is 0 Å². The average molecular weight is 321 g/mol. The number of hydrogen-bond acceptors (Lipinski definition) is 2. The minimum atomic E-state index is 0.704. The summed E-state index contributed by atoms with van der Waals surface area (Å²) in [5.74, 6) is 0.789. The van der Waals surface area contributed by atoms with E-state index in [0.717, 1.165) is 28.3 Å². The molecule has 2 aromatic heterocycles. The smallest absolute Gasteiger partial charge is 0.137 e. The number of nitrogens with zero attached hydrogens (tertiary/aromatic N) is 2. The van der Waals surface area contributed by atoms with Gasteiger partial charge in [-0.15, -0.1) is 0 Å². The summed E-state index contributed by atoms with van der Waals surface area (Å²) in [4.78, 5) is 0. The number of hydrogen-bond donors (Lipinski definition) is 0. The van der Waals surface area contributed by atoms with Gasteiger partial charge in [0.2, 0.25) is 0 Å². The van der Waals surface area contributed by atoms with Crippen LogP contribution < -0.4 is 0 Å². The monoisotopic (exact) mass is 320 g/mol. The number of rotatable bonds is 3. The molecule has 0 fully saturated rings. The van der Waals surface area contributed by atoms with Crippen molar-refractivity contribution in [2.75, 3.05) is 0 Å². The minimum Gasteiger partial charge on any atom is -0.464 e. The lowest BCUT2D eigenvalue weighted by atomic mass is 10.1. The van der Waals surface area contributed by atoms with Gasteiger partial charge >= 0.3 is 0 Å². The molecule has 4 rings (SSSR count). The summed E-state index contributed by atoms with van der Waals surface area (Å²) >= 11 is 6.00. The fourth-order valence-corrected chi connectivity index (χ4v) is 2.65. The molecule has 0 aliphatic carbocycles. The topological polar surface area (TPSA) is 31.0 Å². The molecule has 3 nitrogen and oxygen atoms in total. The molecule has 0 radical (unpaired) electrons. The Labute approximate surface area is 138 Å². The Bertz CT molecular complexity index is 910. The van der Waals surface area contributed by atoms with Crippen molar-refractivity contribution in [2.45, 2.75) is 0 Å². The zero-order valence-corrected chi connectivity index (χ0v) is 12.9. The highest BCUT2D eigenvalue weighted by molar-refractivity contribution is 6.30. The van der Waals surface area contributed by atoms with Gasteiger partial charge in [-0.05, 0) is 36.4 Å². The molecule has 0 atom stereocenters. The van der Waals surface area contributed by atoms with Gasteiger partial charge in [-0.1, -0.05) is 41.9 Å². The lowest BCUT2D eigenvalue weighted by Gasteiger charge is -2.01. The molecule has 0 amide bonds. The van der Waals surface area contributed by atoms with E-state index in [0.29, 0.717) is 5.02 Å². The van der Waals surface area contributed by atoms with Crippen molar-refractivity contribution in [2.24, 2.45) is 0 Å². The molecule has 112 valence electrons. The molecular formula is C19H13ClN2O. The molecule has 0 spiro atoms. The molecule has 0 bridgehead atoms. The van der Waals surface area contributed by atoms with Gasteiger partial charge < -0.3 is 4.42 Å². The third kappa shape index (κ3) is 2.67. The van der Waals surface area contributed by atoms with Gasteiger partial charge in [-0.3, -0.25) is 0 Å². The van der Waals surface area contributed by atoms with Gasteiger partial charge in [-0.2, -0.15) is 5.10 Å². The first-order valence-electron chi connectivity index (χ1n) is 7.26. The highest BCUT2D eigenvalue weighted by atomic mass is 35.5. The van der Waals surface area contributed by atoms with Crippen LogP contribution >= 0.6 is 11.6 Å². The van der Waals surface area contributed by atoms with Crippen LogP contribution in [0.25, 0.3) is 28.3 Å². The largest absolute Gasteiger partial charge is 0.464 e. The predicted octanol–water partition coefficient (Wildman–Crippen LogP) is 5.45. The van der Waals surface area contributed by atoms with Crippen molar-refractivity contribution in [3.8, 4) is 28.3 Å². The standard InChI is InChI=1S/C19H13ClN2O/c20-15-10-8-14(9-11-15)19-17(18-7-4-12-23-18)13-22(21-19)16-5-2-1-3-6-16/h1-13H. The van der Waals surface area contributed by atoms with E-state index >= 15 is 0 Å². The molecule has 0 aliphatic heterocycles. The maximum absolute atomic E-state index is 6.00. The summed E-state index contributed by atoms with van der Waals surface area (Å²) in [6, 6.07) is 21.5. The number of benzene rings is 2. The molecule has 2 heterocycles. The van der Waals surface area contributed by atoms with Crippen molar-refractivity contribution in [1.29, 1.82) is 0 Å². The van der Waals surface area contributed by atoms with Gasteiger partial charge in [0.25, 0.3) is 0 Å². The highest BCUT2D eigenvalue weighted by Crippen LogP contribution is 2.32. The second-order valence-electron chi connectivity index (χ2n) is 5.16. The summed E-state index contributed by atoms with van der Waals surface area (Å²) in [5.41, 5.74) is 3.80. The van der Waals surface area contributed by atoms with E-state index in [4.69, 9.17) is 21.1 Å². The van der Waals surface area contributed by atoms with Crippen LogP contribution in [-0.2, 0) is 0 Å². The van der Waals surface area contributed by atoms with Gasteiger partial charge in [-0.25, -0.2) is 4.68 Å². The molecule has 0 saturated carbocycles. The van der Waals surface area contributed by atoms with Crippen LogP contribution in [0.4, 0.5) is 0 Å². The van der Waals surface area contributed by atoms with Crippen molar-refractivity contribution in [3.63, 3.8) is 0 Å². The number of furan rings is 1. The fraction of sp³-hybridized carbons (Fsp3) is 0. The Morgan fingerprint density at radius 1 is 0.870 bits per heavy atom. The molecule has 0 saturated heterocycles. The van der Waals surface area contributed by atoms with Gasteiger partial charge in [0, 0.05) is 16.8 Å². The lowest BCUT2D eigenvalue weighted by Crippen LogP contribution is -1.93. The fourth-order valence-electron chi connectivity index (χ4n) is 2.52. The molecule has 23 heavy (non-hydrogen) atoms. The summed E-state index contributed by atoms with van der Waals surface area (Å²) in [5, 5.41) is 5.45. The Morgan fingerprint density at radius 3 is 2.35 bits per heavy atom. The molecule has 0 unspecified atom stereocenters. The summed E-state index contributed by atoms with van der Waals surface area (Å²) in [6.45, 7) is 0. The lowest BCUT2D eigenvalue weighted by molar-refractivity contribution is 0.582. The SMILES string of the molecule is Clc1ccc(-c2nn(-c3ccccc3)cc2-c2ccco2)cc1. The maximum atomic E-state index is 6.00. The van der Waals surface area contributed by atoms with Crippen LogP contribution in [0.1, 0.15) is 0 Å². The first-order valence-corrected chi connectivity index (χ1v) is 7.64. The van der Waals surface area contributed by atoms with Crippen molar-refractivity contribution >= 4 is 11.6 Å². The maximum Gasteiger partial charge on any atom is 0.137 e. The number of aromatic nitrogens is 2. The van der Waals surface area contributed by atoms with E-state index in [2.05, 4.69) is 0 Å². The first kappa shape index (κ1) is 13.9. The Morgan fingerprint density at radius 2 is 1.65 bits per heavy atom. The zero-order chi connectivity index (χ0) is 15.6. The average Bonchev–Trinajstić information content (AvgIpc) is 3.26. The van der Waals surface area contributed by atoms with E-state index in [9.17, 15) is 0 Å².